The fourth-order valence-corrected chi connectivity index (χ4v) is 0.945. The third-order valence-corrected chi connectivity index (χ3v) is 1.87. The summed E-state index contributed by atoms with van der Waals surface area (Å²) >= 11 is 0. The summed E-state index contributed by atoms with van der Waals surface area (Å²) in [4.78, 5) is 10.8. The molecule has 10 heavy (non-hydrogen) atoms. The lowest BCUT2D eigenvalue weighted by molar-refractivity contribution is -0.115. The Morgan fingerprint density at radius 3 is 2.30 bits per heavy atom. The Bertz CT molecular complexity index is 112. The predicted octanol–water partition coefficient (Wildman–Crippen LogP) is 2.57. The Hall–Kier alpha value is -0.590. The molecule has 58 valence electrons. The maximum atomic E-state index is 10.8. The first kappa shape index (κ1) is 9.41. The van der Waals surface area contributed by atoms with E-state index in [-0.39, 0.29) is 5.78 Å². The number of allylic oxidation sites excluding steroid dienone is 1. The van der Waals surface area contributed by atoms with Gasteiger partial charge in [0.15, 0.2) is 5.78 Å². The van der Waals surface area contributed by atoms with Gasteiger partial charge in [-0.05, 0) is 12.0 Å². The van der Waals surface area contributed by atoms with Crippen molar-refractivity contribution in [1.82, 2.24) is 0 Å². The van der Waals surface area contributed by atoms with Gasteiger partial charge >= 0.3 is 0 Å². The Labute approximate surface area is 63.1 Å². The quantitative estimate of drug-likeness (QED) is 0.536. The van der Waals surface area contributed by atoms with E-state index in [0.717, 1.165) is 12.8 Å². The van der Waals surface area contributed by atoms with E-state index in [2.05, 4.69) is 20.4 Å². The molecule has 0 N–H and O–H groups in total. The second-order valence-corrected chi connectivity index (χ2v) is 2.56. The number of hydrogen-bond donors (Lipinski definition) is 0. The molecule has 0 fully saturated rings. The van der Waals surface area contributed by atoms with Gasteiger partial charge in [0.05, 0.1) is 0 Å². The van der Waals surface area contributed by atoms with Gasteiger partial charge in [-0.3, -0.25) is 4.79 Å². The fraction of sp³-hybridized carbons (Fsp3) is 0.667. The van der Waals surface area contributed by atoms with Crippen LogP contribution in [0, 0.1) is 5.92 Å². The zero-order chi connectivity index (χ0) is 7.98. The van der Waals surface area contributed by atoms with Gasteiger partial charge in [0.2, 0.25) is 0 Å². The standard InChI is InChI=1S/C9H16O/c1-4-8(5-2)7-9(10)6-3/h6,8H,3-5,7H2,1-2H3. The van der Waals surface area contributed by atoms with Crippen LogP contribution in [0.5, 0.6) is 0 Å². The minimum atomic E-state index is 0.175. The van der Waals surface area contributed by atoms with Gasteiger partial charge in [-0.25, -0.2) is 0 Å². The lowest BCUT2D eigenvalue weighted by Crippen LogP contribution is -2.03. The molecule has 0 aliphatic carbocycles. The van der Waals surface area contributed by atoms with E-state index in [4.69, 9.17) is 0 Å². The molecule has 0 aromatic rings. The molecular weight excluding hydrogens is 124 g/mol. The monoisotopic (exact) mass is 140 g/mol. The SMILES string of the molecule is C=CC(=O)CC(CC)CC. The highest BCUT2D eigenvalue weighted by atomic mass is 16.1. The lowest BCUT2D eigenvalue weighted by atomic mass is 9.97. The van der Waals surface area contributed by atoms with Crippen molar-refractivity contribution >= 4 is 5.78 Å². The van der Waals surface area contributed by atoms with E-state index in [1.54, 1.807) is 0 Å². The Balaban J connectivity index is 3.62. The molecular formula is C9H16O. The Morgan fingerprint density at radius 1 is 1.50 bits per heavy atom. The third-order valence-electron chi connectivity index (χ3n) is 1.87. The van der Waals surface area contributed by atoms with E-state index in [1.807, 2.05) is 0 Å². The van der Waals surface area contributed by atoms with Gasteiger partial charge in [-0.2, -0.15) is 0 Å². The molecule has 0 atom stereocenters. The van der Waals surface area contributed by atoms with E-state index in [0.29, 0.717) is 12.3 Å². The first-order valence-electron chi connectivity index (χ1n) is 3.89. The van der Waals surface area contributed by atoms with Crippen LogP contribution in [0.4, 0.5) is 0 Å². The Morgan fingerprint density at radius 2 is 2.00 bits per heavy atom. The number of ketones is 1. The molecule has 0 aliphatic rings. The van der Waals surface area contributed by atoms with Gasteiger partial charge in [0.1, 0.15) is 0 Å². The van der Waals surface area contributed by atoms with Gasteiger partial charge in [-0.15, -0.1) is 0 Å². The summed E-state index contributed by atoms with van der Waals surface area (Å²) in [7, 11) is 0. The zero-order valence-electron chi connectivity index (χ0n) is 6.89. The summed E-state index contributed by atoms with van der Waals surface area (Å²) < 4.78 is 0. The van der Waals surface area contributed by atoms with Crippen molar-refractivity contribution in [3.8, 4) is 0 Å². The largest absolute Gasteiger partial charge is 0.295 e. The predicted molar refractivity (Wildman–Crippen MR) is 43.9 cm³/mol. The highest BCUT2D eigenvalue weighted by Crippen LogP contribution is 2.12. The molecule has 0 rings (SSSR count). The Kier molecular flexibility index (Phi) is 4.91. The summed E-state index contributed by atoms with van der Waals surface area (Å²) in [5.74, 6) is 0.735. The van der Waals surface area contributed by atoms with Crippen LogP contribution in [-0.4, -0.2) is 5.78 Å². The smallest absolute Gasteiger partial charge is 0.155 e. The van der Waals surface area contributed by atoms with Gasteiger partial charge in [0.25, 0.3) is 0 Å². The van der Waals surface area contributed by atoms with Crippen LogP contribution in [0.3, 0.4) is 0 Å². The summed E-state index contributed by atoms with van der Waals surface area (Å²) in [5.41, 5.74) is 0. The van der Waals surface area contributed by atoms with E-state index in [1.165, 1.54) is 6.08 Å². The fourth-order valence-electron chi connectivity index (χ4n) is 0.945. The molecule has 0 aromatic carbocycles. The molecule has 0 aromatic heterocycles. The molecule has 0 bridgehead atoms. The number of hydrogen-bond acceptors (Lipinski definition) is 1. The molecule has 0 unspecified atom stereocenters. The average molecular weight is 140 g/mol. The molecule has 0 aliphatic heterocycles. The van der Waals surface area contributed by atoms with Crippen molar-refractivity contribution in [3.63, 3.8) is 0 Å². The highest BCUT2D eigenvalue weighted by Gasteiger charge is 2.06. The van der Waals surface area contributed by atoms with E-state index in [9.17, 15) is 4.79 Å². The topological polar surface area (TPSA) is 17.1 Å². The van der Waals surface area contributed by atoms with Crippen LogP contribution in [0.15, 0.2) is 12.7 Å². The average Bonchev–Trinajstić information content (AvgIpc) is 1.99. The summed E-state index contributed by atoms with van der Waals surface area (Å²) in [6, 6.07) is 0. The first-order chi connectivity index (χ1) is 4.74. The normalized spacial score (nSPS) is 9.90. The van der Waals surface area contributed by atoms with Crippen molar-refractivity contribution in [2.45, 2.75) is 33.1 Å². The van der Waals surface area contributed by atoms with Gasteiger partial charge in [0, 0.05) is 6.42 Å². The second kappa shape index (κ2) is 5.21. The summed E-state index contributed by atoms with van der Waals surface area (Å²) in [6.07, 6.45) is 4.28. The molecule has 0 radical (unpaired) electrons. The minimum Gasteiger partial charge on any atom is -0.295 e. The summed E-state index contributed by atoms with van der Waals surface area (Å²) in [6.45, 7) is 7.66. The van der Waals surface area contributed by atoms with E-state index >= 15 is 0 Å². The molecule has 0 saturated carbocycles. The number of carbonyl (C=O) groups excluding carboxylic acids is 1. The van der Waals surface area contributed by atoms with Crippen LogP contribution in [0.1, 0.15) is 33.1 Å². The van der Waals surface area contributed by atoms with Gasteiger partial charge < -0.3 is 0 Å². The number of rotatable bonds is 5. The maximum absolute atomic E-state index is 10.8. The molecule has 0 spiro atoms. The van der Waals surface area contributed by atoms with Crippen molar-refractivity contribution in [2.24, 2.45) is 5.92 Å². The molecule has 0 saturated heterocycles. The van der Waals surface area contributed by atoms with Crippen LogP contribution in [0.2, 0.25) is 0 Å². The molecule has 1 heteroatoms. The second-order valence-electron chi connectivity index (χ2n) is 2.56. The van der Waals surface area contributed by atoms with Crippen LogP contribution in [0.25, 0.3) is 0 Å². The van der Waals surface area contributed by atoms with Crippen molar-refractivity contribution < 1.29 is 4.79 Å². The van der Waals surface area contributed by atoms with Gasteiger partial charge in [-0.1, -0.05) is 33.3 Å². The zero-order valence-corrected chi connectivity index (χ0v) is 6.89. The molecule has 1 nitrogen and oxygen atoms in total. The highest BCUT2D eigenvalue weighted by molar-refractivity contribution is 5.89. The van der Waals surface area contributed by atoms with Crippen molar-refractivity contribution in [3.05, 3.63) is 12.7 Å². The maximum Gasteiger partial charge on any atom is 0.155 e. The van der Waals surface area contributed by atoms with Crippen molar-refractivity contribution in [1.29, 1.82) is 0 Å². The van der Waals surface area contributed by atoms with Crippen LogP contribution < -0.4 is 0 Å². The molecule has 0 amide bonds. The minimum absolute atomic E-state index is 0.175. The first-order valence-corrected chi connectivity index (χ1v) is 3.89. The molecule has 0 heterocycles. The van der Waals surface area contributed by atoms with E-state index < -0.39 is 0 Å². The van der Waals surface area contributed by atoms with Crippen LogP contribution >= 0.6 is 0 Å². The van der Waals surface area contributed by atoms with Crippen molar-refractivity contribution in [2.75, 3.05) is 0 Å². The number of carbonyl (C=O) groups is 1. The van der Waals surface area contributed by atoms with Crippen LogP contribution in [-0.2, 0) is 4.79 Å². The lowest BCUT2D eigenvalue weighted by Gasteiger charge is -2.07. The summed E-state index contributed by atoms with van der Waals surface area (Å²) in [5, 5.41) is 0. The third kappa shape index (κ3) is 3.44.